The number of nitro groups is 1. The van der Waals surface area contributed by atoms with Gasteiger partial charge in [0, 0.05) is 35.2 Å². The minimum absolute atomic E-state index is 0.0323. The molecule has 32 heavy (non-hydrogen) atoms. The fraction of sp³-hybridized carbons (Fsp3) is 0.333. The second-order valence-corrected chi connectivity index (χ2v) is 9.09. The fourth-order valence-corrected chi connectivity index (χ4v) is 4.04. The molecular formula is C24H25ClN2O5. The van der Waals surface area contributed by atoms with Gasteiger partial charge in [-0.05, 0) is 44.9 Å². The van der Waals surface area contributed by atoms with Crippen LogP contribution in [-0.4, -0.2) is 27.3 Å². The van der Waals surface area contributed by atoms with Crippen molar-refractivity contribution in [3.63, 3.8) is 0 Å². The minimum Gasteiger partial charge on any atom is -0.457 e. The second-order valence-electron chi connectivity index (χ2n) is 8.69. The zero-order valence-electron chi connectivity index (χ0n) is 18.4. The number of esters is 1. The number of ether oxygens (including phenoxy) is 1. The highest BCUT2D eigenvalue weighted by atomic mass is 35.5. The van der Waals surface area contributed by atoms with Gasteiger partial charge < -0.3 is 9.64 Å². The van der Waals surface area contributed by atoms with Crippen LogP contribution in [0.3, 0.4) is 0 Å². The molecule has 2 aromatic carbocycles. The number of halogens is 1. The standard InChI is InChI=1S/C24H25ClN2O5/c1-15-22(23(29)32-24(2,3)4)19(18-10-5-6-11-20(18)25)13-21(28)26(15)14-16-8-7-9-17(12-16)27(30)31/h5-12,19H,13-14H2,1-4H3. The highest BCUT2D eigenvalue weighted by Gasteiger charge is 2.38. The maximum atomic E-state index is 13.2. The van der Waals surface area contributed by atoms with Gasteiger partial charge in [-0.15, -0.1) is 0 Å². The van der Waals surface area contributed by atoms with Crippen molar-refractivity contribution in [2.75, 3.05) is 0 Å². The van der Waals surface area contributed by atoms with Crippen molar-refractivity contribution in [1.29, 1.82) is 0 Å². The lowest BCUT2D eigenvalue weighted by Gasteiger charge is -2.35. The molecule has 0 bridgehead atoms. The van der Waals surface area contributed by atoms with Gasteiger partial charge in [0.25, 0.3) is 5.69 Å². The van der Waals surface area contributed by atoms with Gasteiger partial charge >= 0.3 is 5.97 Å². The Morgan fingerprint density at radius 3 is 2.53 bits per heavy atom. The van der Waals surface area contributed by atoms with Crippen LogP contribution in [-0.2, 0) is 20.9 Å². The van der Waals surface area contributed by atoms with Gasteiger partial charge in [0.05, 0.1) is 17.0 Å². The van der Waals surface area contributed by atoms with E-state index < -0.39 is 22.4 Å². The summed E-state index contributed by atoms with van der Waals surface area (Å²) in [6.45, 7) is 7.13. The van der Waals surface area contributed by atoms with E-state index in [1.54, 1.807) is 58.0 Å². The van der Waals surface area contributed by atoms with E-state index in [2.05, 4.69) is 0 Å². The van der Waals surface area contributed by atoms with Gasteiger partial charge in [-0.25, -0.2) is 4.79 Å². The summed E-state index contributed by atoms with van der Waals surface area (Å²) >= 11 is 6.41. The molecule has 0 N–H and O–H groups in total. The first kappa shape index (κ1) is 23.5. The molecule has 8 heteroatoms. The Morgan fingerprint density at radius 2 is 1.91 bits per heavy atom. The Kier molecular flexibility index (Phi) is 6.69. The first-order chi connectivity index (χ1) is 15.0. The molecule has 0 spiro atoms. The Balaban J connectivity index is 2.07. The largest absolute Gasteiger partial charge is 0.457 e. The molecule has 1 heterocycles. The Hall–Kier alpha value is -3.19. The van der Waals surface area contributed by atoms with E-state index in [0.717, 1.165) is 0 Å². The van der Waals surface area contributed by atoms with E-state index in [1.165, 1.54) is 17.0 Å². The van der Waals surface area contributed by atoms with Crippen LogP contribution in [0.5, 0.6) is 0 Å². The molecule has 3 rings (SSSR count). The SMILES string of the molecule is CC1=C(C(=O)OC(C)(C)C)C(c2ccccc2Cl)CC(=O)N1Cc1cccc([N+](=O)[O-])c1. The van der Waals surface area contributed by atoms with E-state index in [-0.39, 0.29) is 24.6 Å². The number of amides is 1. The van der Waals surface area contributed by atoms with Crippen LogP contribution >= 0.6 is 11.6 Å². The van der Waals surface area contributed by atoms with Crippen LogP contribution in [0.25, 0.3) is 0 Å². The summed E-state index contributed by atoms with van der Waals surface area (Å²) in [6.07, 6.45) is 0.0323. The average molecular weight is 457 g/mol. The lowest BCUT2D eigenvalue weighted by atomic mass is 9.83. The zero-order chi connectivity index (χ0) is 23.6. The molecule has 0 aromatic heterocycles. The highest BCUT2D eigenvalue weighted by molar-refractivity contribution is 6.31. The third-order valence-corrected chi connectivity index (χ3v) is 5.53. The summed E-state index contributed by atoms with van der Waals surface area (Å²) in [7, 11) is 0. The number of benzene rings is 2. The molecule has 168 valence electrons. The summed E-state index contributed by atoms with van der Waals surface area (Å²) in [6, 6.07) is 13.2. The highest BCUT2D eigenvalue weighted by Crippen LogP contribution is 2.40. The van der Waals surface area contributed by atoms with Gasteiger partial charge in [-0.2, -0.15) is 0 Å². The number of non-ortho nitro benzene ring substituents is 1. The van der Waals surface area contributed by atoms with E-state index in [1.807, 2.05) is 6.07 Å². The molecule has 0 saturated heterocycles. The lowest BCUT2D eigenvalue weighted by molar-refractivity contribution is -0.384. The maximum absolute atomic E-state index is 13.2. The number of allylic oxidation sites excluding steroid dienone is 1. The van der Waals surface area contributed by atoms with Gasteiger partial charge in [0.15, 0.2) is 0 Å². The molecule has 0 saturated carbocycles. The van der Waals surface area contributed by atoms with Crippen LogP contribution in [0.2, 0.25) is 5.02 Å². The maximum Gasteiger partial charge on any atom is 0.336 e. The van der Waals surface area contributed by atoms with Crippen LogP contribution in [0.4, 0.5) is 5.69 Å². The molecule has 2 aromatic rings. The number of hydrogen-bond donors (Lipinski definition) is 0. The molecular weight excluding hydrogens is 432 g/mol. The third-order valence-electron chi connectivity index (χ3n) is 5.18. The Bertz CT molecular complexity index is 1100. The van der Waals surface area contributed by atoms with E-state index in [9.17, 15) is 19.7 Å². The van der Waals surface area contributed by atoms with Crippen molar-refractivity contribution < 1.29 is 19.2 Å². The van der Waals surface area contributed by atoms with Crippen molar-refractivity contribution in [3.05, 3.63) is 86.1 Å². The molecule has 1 unspecified atom stereocenters. The van der Waals surface area contributed by atoms with Crippen LogP contribution in [0, 0.1) is 10.1 Å². The van der Waals surface area contributed by atoms with Gasteiger partial charge in [-0.3, -0.25) is 14.9 Å². The van der Waals surface area contributed by atoms with Gasteiger partial charge in [0.2, 0.25) is 5.91 Å². The number of nitro benzene ring substituents is 1. The van der Waals surface area contributed by atoms with Crippen molar-refractivity contribution >= 4 is 29.2 Å². The van der Waals surface area contributed by atoms with Crippen molar-refractivity contribution in [1.82, 2.24) is 4.90 Å². The number of hydrogen-bond acceptors (Lipinski definition) is 5. The van der Waals surface area contributed by atoms with Crippen molar-refractivity contribution in [3.8, 4) is 0 Å². The minimum atomic E-state index is -0.721. The summed E-state index contributed by atoms with van der Waals surface area (Å²) in [5.74, 6) is -1.27. The zero-order valence-corrected chi connectivity index (χ0v) is 19.2. The number of carbonyl (C=O) groups excluding carboxylic acids is 2. The fourth-order valence-electron chi connectivity index (χ4n) is 3.78. The molecule has 0 aliphatic carbocycles. The summed E-state index contributed by atoms with van der Waals surface area (Å²) < 4.78 is 5.66. The predicted octanol–water partition coefficient (Wildman–Crippen LogP) is 5.38. The van der Waals surface area contributed by atoms with E-state index in [0.29, 0.717) is 27.4 Å². The van der Waals surface area contributed by atoms with E-state index >= 15 is 0 Å². The number of nitrogens with zero attached hydrogens (tertiary/aromatic N) is 2. The first-order valence-electron chi connectivity index (χ1n) is 10.2. The summed E-state index contributed by atoms with van der Waals surface area (Å²) in [5, 5.41) is 11.6. The average Bonchev–Trinajstić information content (AvgIpc) is 2.70. The van der Waals surface area contributed by atoms with Crippen LogP contribution in [0.1, 0.15) is 51.2 Å². The first-order valence-corrected chi connectivity index (χ1v) is 10.6. The lowest BCUT2D eigenvalue weighted by Crippen LogP contribution is -2.39. The van der Waals surface area contributed by atoms with E-state index in [4.69, 9.17) is 16.3 Å². The van der Waals surface area contributed by atoms with Gasteiger partial charge in [0.1, 0.15) is 5.60 Å². The van der Waals surface area contributed by atoms with Crippen molar-refractivity contribution in [2.24, 2.45) is 0 Å². The molecule has 1 amide bonds. The van der Waals surface area contributed by atoms with Crippen LogP contribution in [0.15, 0.2) is 59.8 Å². The molecule has 7 nitrogen and oxygen atoms in total. The summed E-state index contributed by atoms with van der Waals surface area (Å²) in [5.41, 5.74) is 1.30. The Morgan fingerprint density at radius 1 is 1.22 bits per heavy atom. The quantitative estimate of drug-likeness (QED) is 0.342. The number of carbonyl (C=O) groups is 2. The number of rotatable bonds is 5. The molecule has 1 aliphatic rings. The summed E-state index contributed by atoms with van der Waals surface area (Å²) in [4.78, 5) is 38.5. The topological polar surface area (TPSA) is 89.8 Å². The van der Waals surface area contributed by atoms with Crippen LogP contribution < -0.4 is 0 Å². The van der Waals surface area contributed by atoms with Gasteiger partial charge in [-0.1, -0.05) is 41.9 Å². The second kappa shape index (κ2) is 9.12. The smallest absolute Gasteiger partial charge is 0.336 e. The third kappa shape index (κ3) is 5.16. The predicted molar refractivity (Wildman–Crippen MR) is 121 cm³/mol. The Labute approximate surface area is 191 Å². The normalized spacial score (nSPS) is 16.8. The molecule has 1 aliphatic heterocycles. The molecule has 1 atom stereocenters. The monoisotopic (exact) mass is 456 g/mol. The van der Waals surface area contributed by atoms with Crippen molar-refractivity contribution in [2.45, 2.75) is 52.2 Å². The molecule has 0 fully saturated rings. The molecule has 0 radical (unpaired) electrons.